The molecule has 114 valence electrons. The van der Waals surface area contributed by atoms with Gasteiger partial charge in [0.05, 0.1) is 0 Å². The highest BCUT2D eigenvalue weighted by atomic mass is 15.2. The lowest BCUT2D eigenvalue weighted by Crippen LogP contribution is -2.54. The Hall–Kier alpha value is -1.06. The maximum absolute atomic E-state index is 6.38. The number of nitrogens with two attached hydrogens (primary N) is 1. The summed E-state index contributed by atoms with van der Waals surface area (Å²) >= 11 is 0. The fourth-order valence-electron chi connectivity index (χ4n) is 5.06. The number of nitrogens with one attached hydrogen (secondary N) is 1. The average molecular weight is 285 g/mol. The van der Waals surface area contributed by atoms with Crippen LogP contribution in [0.2, 0.25) is 0 Å². The summed E-state index contributed by atoms with van der Waals surface area (Å²) in [5.74, 6) is 1.32. The van der Waals surface area contributed by atoms with Crippen LogP contribution in [0.25, 0.3) is 0 Å². The molecule has 0 amide bonds. The van der Waals surface area contributed by atoms with Crippen molar-refractivity contribution >= 4 is 5.69 Å². The number of hydrogen-bond acceptors (Lipinski definition) is 3. The Kier molecular flexibility index (Phi) is 3.23. The van der Waals surface area contributed by atoms with E-state index in [4.69, 9.17) is 5.73 Å². The molecule has 0 radical (unpaired) electrons. The number of hydrogen-bond donors (Lipinski definition) is 2. The lowest BCUT2D eigenvalue weighted by Gasteiger charge is -2.48. The fourth-order valence-corrected chi connectivity index (χ4v) is 5.06. The standard InChI is InChI=1S/C18H27N3/c1-3-7-21-10-12(19)8-15-13-5-4-6-16-18(13)14(9-17(15)21)11(2)20-16/h4-6,11-12,14-15,17,20H,3,7-10,19H2,1-2H3/t11?,12-,14?,15?,17+/m0/s1. The van der Waals surface area contributed by atoms with Gasteiger partial charge in [-0.15, -0.1) is 0 Å². The van der Waals surface area contributed by atoms with Gasteiger partial charge in [0.15, 0.2) is 0 Å². The number of rotatable bonds is 2. The van der Waals surface area contributed by atoms with Crippen LogP contribution < -0.4 is 11.1 Å². The molecule has 0 spiro atoms. The molecule has 1 aliphatic carbocycles. The third-order valence-corrected chi connectivity index (χ3v) is 5.86. The lowest BCUT2D eigenvalue weighted by atomic mass is 9.68. The lowest BCUT2D eigenvalue weighted by molar-refractivity contribution is 0.0918. The van der Waals surface area contributed by atoms with Crippen molar-refractivity contribution in [1.29, 1.82) is 0 Å². The number of likely N-dealkylation sites (tertiary alicyclic amines) is 1. The van der Waals surface area contributed by atoms with Crippen molar-refractivity contribution in [2.75, 3.05) is 18.4 Å². The second-order valence-electron chi connectivity index (χ2n) is 7.25. The number of anilines is 1. The van der Waals surface area contributed by atoms with E-state index >= 15 is 0 Å². The first-order valence-electron chi connectivity index (χ1n) is 8.58. The third-order valence-electron chi connectivity index (χ3n) is 5.86. The van der Waals surface area contributed by atoms with Crippen molar-refractivity contribution in [2.45, 2.75) is 63.1 Å². The zero-order valence-electron chi connectivity index (χ0n) is 13.2. The minimum absolute atomic E-state index is 0.331. The fraction of sp³-hybridized carbons (Fsp3) is 0.667. The number of nitrogens with zero attached hydrogens (tertiary/aromatic N) is 1. The van der Waals surface area contributed by atoms with Crippen molar-refractivity contribution in [1.82, 2.24) is 4.90 Å². The van der Waals surface area contributed by atoms with Crippen LogP contribution >= 0.6 is 0 Å². The zero-order chi connectivity index (χ0) is 14.6. The maximum atomic E-state index is 6.38. The summed E-state index contributed by atoms with van der Waals surface area (Å²) < 4.78 is 0. The van der Waals surface area contributed by atoms with Crippen LogP contribution in [-0.2, 0) is 0 Å². The SMILES string of the molecule is CCCN1C[C@@H](N)CC2c3cccc4c3C(C[C@H]21)C(C)N4. The van der Waals surface area contributed by atoms with E-state index in [1.54, 1.807) is 11.1 Å². The van der Waals surface area contributed by atoms with Gasteiger partial charge >= 0.3 is 0 Å². The molecule has 0 aromatic heterocycles. The van der Waals surface area contributed by atoms with Crippen LogP contribution in [0.1, 0.15) is 56.1 Å². The first-order valence-corrected chi connectivity index (χ1v) is 8.58. The second kappa shape index (κ2) is 4.99. The van der Waals surface area contributed by atoms with Crippen LogP contribution in [0.3, 0.4) is 0 Å². The summed E-state index contributed by atoms with van der Waals surface area (Å²) in [6.45, 7) is 6.90. The van der Waals surface area contributed by atoms with Crippen LogP contribution in [-0.4, -0.2) is 36.1 Å². The van der Waals surface area contributed by atoms with Gasteiger partial charge < -0.3 is 11.1 Å². The van der Waals surface area contributed by atoms with Gasteiger partial charge in [-0.1, -0.05) is 19.1 Å². The normalized spacial score (nSPS) is 37.8. The molecule has 5 atom stereocenters. The van der Waals surface area contributed by atoms with E-state index in [1.165, 1.54) is 25.1 Å². The first-order chi connectivity index (χ1) is 10.2. The first kappa shape index (κ1) is 13.6. The molecule has 1 saturated heterocycles. The molecule has 3 aliphatic rings. The van der Waals surface area contributed by atoms with E-state index in [-0.39, 0.29) is 0 Å². The van der Waals surface area contributed by atoms with Gasteiger partial charge in [0.25, 0.3) is 0 Å². The summed E-state index contributed by atoms with van der Waals surface area (Å²) in [5, 5.41) is 3.70. The van der Waals surface area contributed by atoms with E-state index in [1.807, 2.05) is 0 Å². The summed E-state index contributed by atoms with van der Waals surface area (Å²) in [6, 6.07) is 8.44. The Bertz CT molecular complexity index is 541. The smallest absolute Gasteiger partial charge is 0.0381 e. The molecule has 1 aromatic carbocycles. The van der Waals surface area contributed by atoms with E-state index in [2.05, 4.69) is 42.3 Å². The molecule has 3 nitrogen and oxygen atoms in total. The Labute approximate surface area is 127 Å². The van der Waals surface area contributed by atoms with Crippen molar-refractivity contribution in [3.8, 4) is 0 Å². The molecule has 4 rings (SSSR count). The summed E-state index contributed by atoms with van der Waals surface area (Å²) in [7, 11) is 0. The number of piperidine rings is 1. The Morgan fingerprint density at radius 3 is 2.95 bits per heavy atom. The average Bonchev–Trinajstić information content (AvgIpc) is 2.78. The van der Waals surface area contributed by atoms with Gasteiger partial charge in [-0.2, -0.15) is 0 Å². The maximum Gasteiger partial charge on any atom is 0.0381 e. The van der Waals surface area contributed by atoms with Crippen LogP contribution in [0.15, 0.2) is 18.2 Å². The number of fused-ring (bicyclic) bond motifs is 2. The topological polar surface area (TPSA) is 41.3 Å². The van der Waals surface area contributed by atoms with Gasteiger partial charge in [-0.25, -0.2) is 0 Å². The highest BCUT2D eigenvalue weighted by Gasteiger charge is 2.45. The van der Waals surface area contributed by atoms with E-state index in [0.29, 0.717) is 30.0 Å². The highest BCUT2D eigenvalue weighted by molar-refractivity contribution is 5.64. The van der Waals surface area contributed by atoms with Gasteiger partial charge in [0.2, 0.25) is 0 Å². The van der Waals surface area contributed by atoms with Crippen molar-refractivity contribution in [2.24, 2.45) is 5.73 Å². The summed E-state index contributed by atoms with van der Waals surface area (Å²) in [5.41, 5.74) is 11.0. The quantitative estimate of drug-likeness (QED) is 0.878. The Balaban J connectivity index is 1.77. The highest BCUT2D eigenvalue weighted by Crippen LogP contribution is 2.51. The monoisotopic (exact) mass is 285 g/mol. The van der Waals surface area contributed by atoms with Gasteiger partial charge in [0, 0.05) is 42.2 Å². The van der Waals surface area contributed by atoms with Crippen molar-refractivity contribution in [3.63, 3.8) is 0 Å². The minimum atomic E-state index is 0.331. The van der Waals surface area contributed by atoms with Gasteiger partial charge in [-0.05, 0) is 49.9 Å². The predicted molar refractivity (Wildman–Crippen MR) is 87.9 cm³/mol. The molecule has 21 heavy (non-hydrogen) atoms. The number of benzene rings is 1. The zero-order valence-corrected chi connectivity index (χ0v) is 13.2. The van der Waals surface area contributed by atoms with Crippen molar-refractivity contribution < 1.29 is 0 Å². The molecule has 0 saturated carbocycles. The molecule has 1 aromatic rings. The Morgan fingerprint density at radius 2 is 2.14 bits per heavy atom. The van der Waals surface area contributed by atoms with E-state index < -0.39 is 0 Å². The van der Waals surface area contributed by atoms with Gasteiger partial charge in [-0.3, -0.25) is 4.90 Å². The second-order valence-corrected chi connectivity index (χ2v) is 7.25. The van der Waals surface area contributed by atoms with Gasteiger partial charge in [0.1, 0.15) is 0 Å². The van der Waals surface area contributed by atoms with Crippen LogP contribution in [0.4, 0.5) is 5.69 Å². The third kappa shape index (κ3) is 2.01. The van der Waals surface area contributed by atoms with Crippen LogP contribution in [0.5, 0.6) is 0 Å². The van der Waals surface area contributed by atoms with Crippen molar-refractivity contribution in [3.05, 3.63) is 29.3 Å². The largest absolute Gasteiger partial charge is 0.382 e. The Morgan fingerprint density at radius 1 is 1.29 bits per heavy atom. The molecule has 3 unspecified atom stereocenters. The molecule has 3 heteroatoms. The molecule has 2 aliphatic heterocycles. The predicted octanol–water partition coefficient (Wildman–Crippen LogP) is 2.88. The molecule has 0 bridgehead atoms. The molecule has 2 heterocycles. The summed E-state index contributed by atoms with van der Waals surface area (Å²) in [4.78, 5) is 2.68. The minimum Gasteiger partial charge on any atom is -0.382 e. The molecule has 1 fully saturated rings. The molecular formula is C18H27N3. The molecular weight excluding hydrogens is 258 g/mol. The molecule has 3 N–H and O–H groups in total. The van der Waals surface area contributed by atoms with E-state index in [0.717, 1.165) is 13.0 Å². The van der Waals surface area contributed by atoms with Crippen LogP contribution in [0, 0.1) is 0 Å². The summed E-state index contributed by atoms with van der Waals surface area (Å²) in [6.07, 6.45) is 3.68. The van der Waals surface area contributed by atoms with E-state index in [9.17, 15) is 0 Å².